The van der Waals surface area contributed by atoms with Crippen molar-refractivity contribution in [3.63, 3.8) is 0 Å². The predicted molar refractivity (Wildman–Crippen MR) is 115 cm³/mol. The zero-order valence-corrected chi connectivity index (χ0v) is 17.4. The van der Waals surface area contributed by atoms with Crippen LogP contribution in [0.5, 0.6) is 5.75 Å². The van der Waals surface area contributed by atoms with Gasteiger partial charge in [0.15, 0.2) is 0 Å². The monoisotopic (exact) mass is 439 g/mol. The van der Waals surface area contributed by atoms with Crippen molar-refractivity contribution in [1.82, 2.24) is 14.3 Å². The number of allylic oxidation sites excluding steroid dienone is 1. The average molecular weight is 439 g/mol. The van der Waals surface area contributed by atoms with Gasteiger partial charge < -0.3 is 15.2 Å². The molecular weight excluding hydrogens is 418 g/mol. The highest BCUT2D eigenvalue weighted by Gasteiger charge is 2.29. The largest absolute Gasteiger partial charge is 0.493 e. The number of carbonyl (C=O) groups is 1. The minimum absolute atomic E-state index is 0.141. The number of carboxylic acid groups (broad SMARTS) is 1. The first-order valence-corrected chi connectivity index (χ1v) is 11.5. The van der Waals surface area contributed by atoms with Gasteiger partial charge in [0.1, 0.15) is 5.75 Å². The van der Waals surface area contributed by atoms with Gasteiger partial charge in [0.25, 0.3) is 10.0 Å². The number of rotatable bonds is 4. The molecule has 9 heteroatoms. The number of fused-ring (bicyclic) bond motifs is 2. The highest BCUT2D eigenvalue weighted by Crippen LogP contribution is 2.36. The highest BCUT2D eigenvalue weighted by atomic mass is 32.2. The van der Waals surface area contributed by atoms with Gasteiger partial charge in [0.2, 0.25) is 0 Å². The molecule has 1 aliphatic heterocycles. The van der Waals surface area contributed by atoms with E-state index in [4.69, 9.17) is 9.84 Å². The molecule has 3 heterocycles. The first-order chi connectivity index (χ1) is 14.9. The number of ether oxygens (including phenoxy) is 1. The molecule has 1 amide bonds. The third-order valence-electron chi connectivity index (χ3n) is 5.85. The van der Waals surface area contributed by atoms with Crippen LogP contribution < -0.4 is 10.1 Å². The molecule has 31 heavy (non-hydrogen) atoms. The van der Waals surface area contributed by atoms with Crippen molar-refractivity contribution in [3.8, 4) is 5.75 Å². The van der Waals surface area contributed by atoms with Gasteiger partial charge in [-0.15, -0.1) is 0 Å². The molecule has 1 aliphatic carbocycles. The first-order valence-electron chi connectivity index (χ1n) is 10.1. The molecule has 160 valence electrons. The van der Waals surface area contributed by atoms with Crippen LogP contribution in [0.1, 0.15) is 30.4 Å². The van der Waals surface area contributed by atoms with Crippen LogP contribution in [-0.2, 0) is 16.4 Å². The van der Waals surface area contributed by atoms with Crippen LogP contribution in [-0.4, -0.2) is 41.2 Å². The van der Waals surface area contributed by atoms with Crippen LogP contribution in [0.25, 0.3) is 16.6 Å². The SMILES string of the molecule is O=C(O)NC1CC=C(c2cn(S(=O)(=O)c3cccc4c3CCO4)c3cccnc23)CC1. The van der Waals surface area contributed by atoms with E-state index in [1.165, 1.54) is 3.97 Å². The summed E-state index contributed by atoms with van der Waals surface area (Å²) in [4.78, 5) is 15.6. The Hall–Kier alpha value is -3.33. The van der Waals surface area contributed by atoms with Crippen molar-refractivity contribution in [2.75, 3.05) is 6.61 Å². The molecule has 2 aliphatic rings. The second kappa shape index (κ2) is 7.42. The van der Waals surface area contributed by atoms with E-state index >= 15 is 0 Å². The van der Waals surface area contributed by atoms with Crippen molar-refractivity contribution in [2.24, 2.45) is 0 Å². The van der Waals surface area contributed by atoms with Crippen molar-refractivity contribution in [2.45, 2.75) is 36.6 Å². The Morgan fingerprint density at radius 1 is 1.23 bits per heavy atom. The van der Waals surface area contributed by atoms with E-state index in [-0.39, 0.29) is 10.9 Å². The fourth-order valence-electron chi connectivity index (χ4n) is 4.39. The lowest BCUT2D eigenvalue weighted by Gasteiger charge is -2.21. The molecule has 0 radical (unpaired) electrons. The number of aromatic nitrogens is 2. The fraction of sp³-hybridized carbons (Fsp3) is 0.273. The molecule has 5 rings (SSSR count). The molecule has 3 aromatic rings. The second-order valence-corrected chi connectivity index (χ2v) is 9.48. The Balaban J connectivity index is 1.60. The Morgan fingerprint density at radius 3 is 2.87 bits per heavy atom. The average Bonchev–Trinajstić information content (AvgIpc) is 3.39. The van der Waals surface area contributed by atoms with Gasteiger partial charge >= 0.3 is 6.09 Å². The van der Waals surface area contributed by atoms with Crippen molar-refractivity contribution >= 4 is 32.7 Å². The smallest absolute Gasteiger partial charge is 0.404 e. The summed E-state index contributed by atoms with van der Waals surface area (Å²) in [7, 11) is -3.86. The minimum atomic E-state index is -3.86. The molecule has 2 aromatic heterocycles. The molecule has 1 aromatic carbocycles. The van der Waals surface area contributed by atoms with Crippen LogP contribution in [0.2, 0.25) is 0 Å². The quantitative estimate of drug-likeness (QED) is 0.645. The normalized spacial score (nSPS) is 18.3. The maximum absolute atomic E-state index is 13.7. The van der Waals surface area contributed by atoms with E-state index in [1.54, 1.807) is 42.7 Å². The number of hydrogen-bond donors (Lipinski definition) is 2. The van der Waals surface area contributed by atoms with Crippen molar-refractivity contribution in [1.29, 1.82) is 0 Å². The molecule has 0 fully saturated rings. The van der Waals surface area contributed by atoms with Crippen LogP contribution in [0.15, 0.2) is 53.7 Å². The van der Waals surface area contributed by atoms with E-state index in [2.05, 4.69) is 10.3 Å². The minimum Gasteiger partial charge on any atom is -0.493 e. The topological polar surface area (TPSA) is 111 Å². The standard InChI is InChI=1S/C22H21N3O5S/c26-22(27)24-15-8-6-14(7-9-15)17-13-25(18-3-2-11-23-21(17)18)31(28,29)20-5-1-4-19-16(20)10-12-30-19/h1-6,11,13,15,24H,7-10,12H2,(H,26,27). The molecule has 0 bridgehead atoms. The van der Waals surface area contributed by atoms with Gasteiger partial charge in [-0.05, 0) is 49.1 Å². The summed E-state index contributed by atoms with van der Waals surface area (Å²) in [6.07, 6.45) is 6.61. The summed E-state index contributed by atoms with van der Waals surface area (Å²) >= 11 is 0. The molecule has 1 atom stereocenters. The number of amides is 1. The predicted octanol–water partition coefficient (Wildman–Crippen LogP) is 3.41. The fourth-order valence-corrected chi connectivity index (χ4v) is 6.01. The van der Waals surface area contributed by atoms with E-state index in [9.17, 15) is 13.2 Å². The van der Waals surface area contributed by atoms with E-state index in [1.807, 2.05) is 6.08 Å². The summed E-state index contributed by atoms with van der Waals surface area (Å²) in [5.74, 6) is 0.614. The molecule has 0 saturated heterocycles. The van der Waals surface area contributed by atoms with Gasteiger partial charge in [-0.25, -0.2) is 17.2 Å². The number of pyridine rings is 1. The number of hydrogen-bond acceptors (Lipinski definition) is 5. The van der Waals surface area contributed by atoms with E-state index in [0.717, 1.165) is 11.1 Å². The Morgan fingerprint density at radius 2 is 2.10 bits per heavy atom. The highest BCUT2D eigenvalue weighted by molar-refractivity contribution is 7.90. The number of nitrogens with one attached hydrogen (secondary N) is 1. The summed E-state index contributed by atoms with van der Waals surface area (Å²) < 4.78 is 34.2. The number of nitrogens with zero attached hydrogens (tertiary/aromatic N) is 2. The van der Waals surface area contributed by atoms with Gasteiger partial charge in [-0.3, -0.25) is 4.98 Å². The Bertz CT molecular complexity index is 1330. The maximum atomic E-state index is 13.7. The maximum Gasteiger partial charge on any atom is 0.404 e. The Kier molecular flexibility index (Phi) is 4.70. The summed E-state index contributed by atoms with van der Waals surface area (Å²) in [6.45, 7) is 0.472. The molecule has 0 spiro atoms. The lowest BCUT2D eigenvalue weighted by molar-refractivity contribution is 0.189. The lowest BCUT2D eigenvalue weighted by Crippen LogP contribution is -2.34. The van der Waals surface area contributed by atoms with Crippen molar-refractivity contribution < 1.29 is 23.1 Å². The molecule has 1 unspecified atom stereocenters. The van der Waals surface area contributed by atoms with Gasteiger partial charge in [-0.1, -0.05) is 12.1 Å². The summed E-state index contributed by atoms with van der Waals surface area (Å²) in [5, 5.41) is 11.4. The van der Waals surface area contributed by atoms with Crippen LogP contribution >= 0.6 is 0 Å². The summed E-state index contributed by atoms with van der Waals surface area (Å²) in [6, 6.07) is 8.43. The summed E-state index contributed by atoms with van der Waals surface area (Å²) in [5.41, 5.74) is 3.57. The molecular formula is C22H21N3O5S. The lowest BCUT2D eigenvalue weighted by atomic mass is 9.91. The zero-order valence-electron chi connectivity index (χ0n) is 16.6. The van der Waals surface area contributed by atoms with Crippen LogP contribution in [0.4, 0.5) is 4.79 Å². The second-order valence-electron chi connectivity index (χ2n) is 7.70. The van der Waals surface area contributed by atoms with Gasteiger partial charge in [0, 0.05) is 36.0 Å². The van der Waals surface area contributed by atoms with Crippen LogP contribution in [0, 0.1) is 0 Å². The van der Waals surface area contributed by atoms with E-state index < -0.39 is 16.1 Å². The molecule has 0 saturated carbocycles. The van der Waals surface area contributed by atoms with Gasteiger partial charge in [0.05, 0.1) is 22.5 Å². The molecule has 2 N–H and O–H groups in total. The first kappa shape index (κ1) is 19.6. The zero-order chi connectivity index (χ0) is 21.6. The Labute approximate surface area is 179 Å². The van der Waals surface area contributed by atoms with Crippen molar-refractivity contribution in [3.05, 3.63) is 59.9 Å². The van der Waals surface area contributed by atoms with Gasteiger partial charge in [-0.2, -0.15) is 0 Å². The van der Waals surface area contributed by atoms with Crippen LogP contribution in [0.3, 0.4) is 0 Å². The third kappa shape index (κ3) is 3.34. The third-order valence-corrected chi connectivity index (χ3v) is 7.60. The number of benzene rings is 1. The molecule has 8 nitrogen and oxygen atoms in total. The van der Waals surface area contributed by atoms with E-state index in [0.29, 0.717) is 54.6 Å².